The topological polar surface area (TPSA) is 75.6 Å². The van der Waals surface area contributed by atoms with E-state index in [4.69, 9.17) is 19.4 Å². The second-order valence-corrected chi connectivity index (χ2v) is 10.8. The van der Waals surface area contributed by atoms with Crippen molar-refractivity contribution in [2.45, 2.75) is 0 Å². The van der Waals surface area contributed by atoms with Crippen LogP contribution < -0.4 is 0 Å². The number of nitriles is 1. The number of hydrogen-bond acceptors (Lipinski definition) is 5. The average molecular weight is 577 g/mol. The van der Waals surface area contributed by atoms with Gasteiger partial charge in [0.05, 0.1) is 11.6 Å². The molecule has 45 heavy (non-hydrogen) atoms. The molecule has 0 fully saturated rings. The van der Waals surface area contributed by atoms with Crippen molar-refractivity contribution in [3.05, 3.63) is 151 Å². The van der Waals surface area contributed by atoms with Gasteiger partial charge in [-0.2, -0.15) is 5.26 Å². The second kappa shape index (κ2) is 11.0. The van der Waals surface area contributed by atoms with Gasteiger partial charge in [0, 0.05) is 33.0 Å². The van der Waals surface area contributed by atoms with Gasteiger partial charge in [-0.15, -0.1) is 0 Å². The molecule has 8 rings (SSSR count). The first-order valence-electron chi connectivity index (χ1n) is 14.7. The normalized spacial score (nSPS) is 11.1. The van der Waals surface area contributed by atoms with Crippen LogP contribution in [0.1, 0.15) is 5.56 Å². The molecule has 0 spiro atoms. The molecule has 0 aliphatic heterocycles. The van der Waals surface area contributed by atoms with E-state index in [1.54, 1.807) is 0 Å². The van der Waals surface area contributed by atoms with E-state index in [0.717, 1.165) is 60.9 Å². The molecule has 0 saturated carbocycles. The zero-order valence-corrected chi connectivity index (χ0v) is 24.1. The largest absolute Gasteiger partial charge is 0.455 e. The number of furan rings is 1. The van der Waals surface area contributed by atoms with Gasteiger partial charge in [-0.1, -0.05) is 115 Å². The maximum Gasteiger partial charge on any atom is 0.164 e. The standard InChI is InChI=1S/C40H24N4O/c41-25-26-15-17-28(18-16-26)34-23-32(24-35-33-13-7-8-14-36(33)45-37(34)35)27-19-21-31(22-20-27)40-43-38(29-9-3-1-4-10-29)42-39(44-40)30-11-5-2-6-12-30/h1-24H. The van der Waals surface area contributed by atoms with E-state index < -0.39 is 0 Å². The lowest BCUT2D eigenvalue weighted by Crippen LogP contribution is -2.00. The number of para-hydroxylation sites is 1. The fourth-order valence-corrected chi connectivity index (χ4v) is 5.68. The molecule has 0 aliphatic rings. The molecule has 8 aromatic rings. The number of fused-ring (bicyclic) bond motifs is 3. The lowest BCUT2D eigenvalue weighted by Gasteiger charge is -2.10. The third kappa shape index (κ3) is 4.91. The SMILES string of the molecule is N#Cc1ccc(-c2cc(-c3ccc(-c4nc(-c5ccccc5)nc(-c5ccccc5)n4)cc3)cc3c2oc2ccccc23)cc1. The highest BCUT2D eigenvalue weighted by molar-refractivity contribution is 6.11. The molecule has 0 saturated heterocycles. The Labute approximate surface area is 259 Å². The van der Waals surface area contributed by atoms with Crippen molar-refractivity contribution in [1.82, 2.24) is 15.0 Å². The van der Waals surface area contributed by atoms with Gasteiger partial charge < -0.3 is 4.42 Å². The molecule has 0 unspecified atom stereocenters. The Morgan fingerprint density at radius 2 is 0.956 bits per heavy atom. The minimum absolute atomic E-state index is 0.615. The van der Waals surface area contributed by atoms with E-state index in [0.29, 0.717) is 23.0 Å². The third-order valence-electron chi connectivity index (χ3n) is 7.98. The summed E-state index contributed by atoms with van der Waals surface area (Å²) in [5, 5.41) is 11.4. The summed E-state index contributed by atoms with van der Waals surface area (Å²) in [6.07, 6.45) is 0. The van der Waals surface area contributed by atoms with E-state index in [1.165, 1.54) is 0 Å². The van der Waals surface area contributed by atoms with Crippen molar-refractivity contribution in [3.8, 4) is 62.5 Å². The van der Waals surface area contributed by atoms with Gasteiger partial charge in [-0.05, 0) is 47.0 Å². The van der Waals surface area contributed by atoms with E-state index in [9.17, 15) is 5.26 Å². The van der Waals surface area contributed by atoms with Crippen molar-refractivity contribution in [2.75, 3.05) is 0 Å². The minimum Gasteiger partial charge on any atom is -0.455 e. The highest BCUT2D eigenvalue weighted by atomic mass is 16.3. The molecule has 2 heterocycles. The molecular formula is C40H24N4O. The number of aromatic nitrogens is 3. The maximum atomic E-state index is 9.33. The van der Waals surface area contributed by atoms with Crippen LogP contribution in [0.25, 0.3) is 78.4 Å². The van der Waals surface area contributed by atoms with Crippen LogP contribution in [0, 0.1) is 11.3 Å². The Balaban J connectivity index is 1.25. The summed E-state index contributed by atoms with van der Waals surface area (Å²) in [5.74, 6) is 1.88. The summed E-state index contributed by atoms with van der Waals surface area (Å²) >= 11 is 0. The summed E-state index contributed by atoms with van der Waals surface area (Å²) in [6, 6.07) is 50.6. The Morgan fingerprint density at radius 1 is 0.444 bits per heavy atom. The van der Waals surface area contributed by atoms with Gasteiger partial charge in [0.1, 0.15) is 11.2 Å². The molecule has 2 aromatic heterocycles. The Kier molecular flexibility index (Phi) is 6.44. The quantitative estimate of drug-likeness (QED) is 0.204. The molecule has 0 amide bonds. The minimum atomic E-state index is 0.615. The monoisotopic (exact) mass is 576 g/mol. The van der Waals surface area contributed by atoms with Gasteiger partial charge in [0.15, 0.2) is 17.5 Å². The Bertz CT molecular complexity index is 2300. The van der Waals surface area contributed by atoms with E-state index in [-0.39, 0.29) is 0 Å². The average Bonchev–Trinajstić information content (AvgIpc) is 3.51. The molecule has 0 radical (unpaired) electrons. The number of nitrogens with zero attached hydrogens (tertiary/aromatic N) is 4. The van der Waals surface area contributed by atoms with Crippen molar-refractivity contribution >= 4 is 21.9 Å². The number of rotatable bonds is 5. The first kappa shape index (κ1) is 26.3. The summed E-state index contributed by atoms with van der Waals surface area (Å²) in [5.41, 5.74) is 9.15. The first-order valence-corrected chi connectivity index (χ1v) is 14.7. The Morgan fingerprint density at radius 3 is 1.56 bits per heavy atom. The molecule has 0 N–H and O–H groups in total. The molecule has 6 aromatic carbocycles. The number of hydrogen-bond donors (Lipinski definition) is 0. The van der Waals surface area contributed by atoms with Crippen molar-refractivity contribution < 1.29 is 4.42 Å². The summed E-state index contributed by atoms with van der Waals surface area (Å²) in [4.78, 5) is 14.6. The third-order valence-corrected chi connectivity index (χ3v) is 7.98. The van der Waals surface area contributed by atoms with Crippen LogP contribution >= 0.6 is 0 Å². The van der Waals surface area contributed by atoms with Gasteiger partial charge in [-0.25, -0.2) is 15.0 Å². The fourth-order valence-electron chi connectivity index (χ4n) is 5.68. The lowest BCUT2D eigenvalue weighted by molar-refractivity contribution is 0.670. The van der Waals surface area contributed by atoms with Crippen LogP contribution in [-0.4, -0.2) is 15.0 Å². The fraction of sp³-hybridized carbons (Fsp3) is 0. The van der Waals surface area contributed by atoms with E-state index in [1.807, 2.05) is 103 Å². The molecule has 0 bridgehead atoms. The van der Waals surface area contributed by atoms with Crippen molar-refractivity contribution in [3.63, 3.8) is 0 Å². The number of benzene rings is 6. The van der Waals surface area contributed by atoms with Crippen molar-refractivity contribution in [1.29, 1.82) is 5.26 Å². The van der Waals surface area contributed by atoms with Gasteiger partial charge >= 0.3 is 0 Å². The van der Waals surface area contributed by atoms with Gasteiger partial charge in [0.25, 0.3) is 0 Å². The first-order chi connectivity index (χ1) is 22.2. The predicted molar refractivity (Wildman–Crippen MR) is 179 cm³/mol. The van der Waals surface area contributed by atoms with E-state index >= 15 is 0 Å². The summed E-state index contributed by atoms with van der Waals surface area (Å²) in [7, 11) is 0. The van der Waals surface area contributed by atoms with Crippen LogP contribution in [0.2, 0.25) is 0 Å². The molecule has 5 heteroatoms. The lowest BCUT2D eigenvalue weighted by atomic mass is 9.95. The molecule has 210 valence electrons. The van der Waals surface area contributed by atoms with Crippen LogP contribution in [0.3, 0.4) is 0 Å². The van der Waals surface area contributed by atoms with Crippen LogP contribution in [-0.2, 0) is 0 Å². The Hall–Kier alpha value is -6.38. The summed E-state index contributed by atoms with van der Waals surface area (Å²) in [6.45, 7) is 0. The van der Waals surface area contributed by atoms with Gasteiger partial charge in [0.2, 0.25) is 0 Å². The summed E-state index contributed by atoms with van der Waals surface area (Å²) < 4.78 is 6.37. The predicted octanol–water partition coefficient (Wildman–Crippen LogP) is 9.98. The molecule has 0 atom stereocenters. The smallest absolute Gasteiger partial charge is 0.164 e. The maximum absolute atomic E-state index is 9.33. The zero-order chi connectivity index (χ0) is 30.2. The van der Waals surface area contributed by atoms with Crippen LogP contribution in [0.15, 0.2) is 150 Å². The molecule has 0 aliphatic carbocycles. The van der Waals surface area contributed by atoms with Crippen molar-refractivity contribution in [2.24, 2.45) is 0 Å². The van der Waals surface area contributed by atoms with Gasteiger partial charge in [-0.3, -0.25) is 0 Å². The highest BCUT2D eigenvalue weighted by Gasteiger charge is 2.16. The van der Waals surface area contributed by atoms with Crippen LogP contribution in [0.4, 0.5) is 0 Å². The van der Waals surface area contributed by atoms with Crippen LogP contribution in [0.5, 0.6) is 0 Å². The molecular weight excluding hydrogens is 552 g/mol. The highest BCUT2D eigenvalue weighted by Crippen LogP contribution is 2.40. The zero-order valence-electron chi connectivity index (χ0n) is 24.1. The molecule has 5 nitrogen and oxygen atoms in total. The van der Waals surface area contributed by atoms with E-state index in [2.05, 4.69) is 48.5 Å². The second-order valence-electron chi connectivity index (χ2n) is 10.8.